The summed E-state index contributed by atoms with van der Waals surface area (Å²) in [7, 11) is 1.50. The summed E-state index contributed by atoms with van der Waals surface area (Å²) in [6.07, 6.45) is 0. The van der Waals surface area contributed by atoms with E-state index in [1.807, 2.05) is 13.8 Å². The van der Waals surface area contributed by atoms with Crippen LogP contribution in [0.3, 0.4) is 0 Å². The van der Waals surface area contributed by atoms with Gasteiger partial charge < -0.3 is 14.8 Å². The van der Waals surface area contributed by atoms with Crippen molar-refractivity contribution in [2.75, 3.05) is 43.5 Å². The summed E-state index contributed by atoms with van der Waals surface area (Å²) in [5.41, 5.74) is 5.66. The molecule has 0 bridgehead atoms. The summed E-state index contributed by atoms with van der Waals surface area (Å²) in [5, 5.41) is 15.9. The third kappa shape index (κ3) is 4.10. The van der Waals surface area contributed by atoms with Gasteiger partial charge in [0.2, 0.25) is 5.88 Å². The number of carbonyl (C=O) groups is 1. The van der Waals surface area contributed by atoms with Crippen LogP contribution in [-0.4, -0.2) is 49.0 Å². The zero-order valence-corrected chi connectivity index (χ0v) is 17.2. The van der Waals surface area contributed by atoms with Crippen LogP contribution in [0.25, 0.3) is 0 Å². The maximum absolute atomic E-state index is 13.1. The lowest BCUT2D eigenvalue weighted by molar-refractivity contribution is -0.797. The Labute approximate surface area is 166 Å². The monoisotopic (exact) mass is 384 g/mol. The van der Waals surface area contributed by atoms with Crippen LogP contribution >= 0.6 is 0 Å². The lowest BCUT2D eigenvalue weighted by Gasteiger charge is -2.45. The molecule has 1 aromatic carbocycles. The van der Waals surface area contributed by atoms with E-state index < -0.39 is 10.7 Å². The number of hydrogen-bond donors (Lipinski definition) is 1. The van der Waals surface area contributed by atoms with E-state index >= 15 is 0 Å². The number of aromatic nitrogens is 1. The second kappa shape index (κ2) is 7.77. The molecule has 1 aliphatic rings. The zero-order valence-electron chi connectivity index (χ0n) is 17.2. The number of nitrogens with zero attached hydrogens (tertiary/aromatic N) is 3. The summed E-state index contributed by atoms with van der Waals surface area (Å²) in [4.78, 5) is 19.2. The number of benzene rings is 1. The van der Waals surface area contributed by atoms with Crippen molar-refractivity contribution >= 4 is 17.4 Å². The van der Waals surface area contributed by atoms with Gasteiger partial charge >= 0.3 is 6.03 Å². The molecule has 1 aliphatic heterocycles. The van der Waals surface area contributed by atoms with Crippen molar-refractivity contribution < 1.29 is 14.2 Å². The molecule has 3 rings (SSSR count). The number of amides is 2. The molecule has 0 atom stereocenters. The van der Waals surface area contributed by atoms with Crippen LogP contribution in [0, 0.1) is 32.9 Å². The smallest absolute Gasteiger partial charge is 0.421 e. The number of ether oxygens (including phenoxy) is 1. The highest BCUT2D eigenvalue weighted by Gasteiger charge is 2.33. The average Bonchev–Trinajstić information content (AvgIpc) is 2.64. The highest BCUT2D eigenvalue weighted by atomic mass is 16.6. The van der Waals surface area contributed by atoms with Crippen LogP contribution in [0.1, 0.15) is 22.4 Å². The number of aryl methyl sites for hydroxylation is 4. The Morgan fingerprint density at radius 1 is 1.11 bits per heavy atom. The van der Waals surface area contributed by atoms with Gasteiger partial charge in [-0.2, -0.15) is 0 Å². The molecule has 1 fully saturated rings. The molecule has 150 valence electrons. The molecule has 0 spiro atoms. The molecule has 0 saturated carbocycles. The fourth-order valence-corrected chi connectivity index (χ4v) is 3.53. The molecular formula is C21H28N4O3. The normalized spacial score (nSPS) is 16.0. The van der Waals surface area contributed by atoms with Crippen LogP contribution in [0.15, 0.2) is 24.3 Å². The van der Waals surface area contributed by atoms with Crippen molar-refractivity contribution in [3.63, 3.8) is 0 Å². The first-order valence-corrected chi connectivity index (χ1v) is 9.47. The minimum absolute atomic E-state index is 0.194. The highest BCUT2D eigenvalue weighted by molar-refractivity contribution is 5.86. The number of hydrogen-bond acceptors (Lipinski definition) is 5. The SMILES string of the molecule is COc1nc(C)c(C)cc1NC(=O)[N+]1([O-])CCN(c2cc(C)cc(C)c2)CC1. The summed E-state index contributed by atoms with van der Waals surface area (Å²) < 4.78 is 4.35. The Hall–Kier alpha value is -2.64. The fourth-order valence-electron chi connectivity index (χ4n) is 3.53. The quantitative estimate of drug-likeness (QED) is 0.645. The Balaban J connectivity index is 1.71. The Bertz CT molecular complexity index is 869. The van der Waals surface area contributed by atoms with Crippen molar-refractivity contribution in [1.29, 1.82) is 0 Å². The van der Waals surface area contributed by atoms with E-state index in [0.717, 1.165) is 16.9 Å². The Kier molecular flexibility index (Phi) is 5.58. The van der Waals surface area contributed by atoms with Crippen LogP contribution in [0.4, 0.5) is 16.2 Å². The number of hydroxylamine groups is 3. The predicted octanol–water partition coefficient (Wildman–Crippen LogP) is 3.69. The second-order valence-corrected chi connectivity index (χ2v) is 7.55. The molecule has 1 N–H and O–H groups in total. The summed E-state index contributed by atoms with van der Waals surface area (Å²) >= 11 is 0. The number of piperazine rings is 1. The predicted molar refractivity (Wildman–Crippen MR) is 111 cm³/mol. The molecule has 2 aromatic rings. The van der Waals surface area contributed by atoms with Crippen LogP contribution in [0.2, 0.25) is 0 Å². The van der Waals surface area contributed by atoms with Crippen molar-refractivity contribution in [3.05, 3.63) is 51.9 Å². The first-order valence-electron chi connectivity index (χ1n) is 9.47. The van der Waals surface area contributed by atoms with Gasteiger partial charge in [-0.05, 0) is 62.6 Å². The van der Waals surface area contributed by atoms with E-state index in [9.17, 15) is 10.0 Å². The molecule has 0 unspecified atom stereocenters. The van der Waals surface area contributed by atoms with Gasteiger partial charge in [0.1, 0.15) is 18.8 Å². The van der Waals surface area contributed by atoms with Gasteiger partial charge in [-0.3, -0.25) is 9.96 Å². The number of methoxy groups -OCH3 is 1. The van der Waals surface area contributed by atoms with Gasteiger partial charge in [0.15, 0.2) is 0 Å². The number of carbonyl (C=O) groups excluding carboxylic acids is 1. The van der Waals surface area contributed by atoms with E-state index in [1.165, 1.54) is 18.2 Å². The number of urea groups is 1. The maximum atomic E-state index is 13.1. The Morgan fingerprint density at radius 2 is 1.71 bits per heavy atom. The average molecular weight is 384 g/mol. The number of rotatable bonds is 3. The molecule has 1 saturated heterocycles. The van der Waals surface area contributed by atoms with Crippen LogP contribution < -0.4 is 15.0 Å². The third-order valence-corrected chi connectivity index (χ3v) is 5.27. The highest BCUT2D eigenvalue weighted by Crippen LogP contribution is 2.27. The van der Waals surface area contributed by atoms with Gasteiger partial charge in [-0.1, -0.05) is 6.07 Å². The minimum Gasteiger partial charge on any atom is -0.624 e. The molecule has 0 radical (unpaired) electrons. The van der Waals surface area contributed by atoms with Gasteiger partial charge in [-0.25, -0.2) is 9.78 Å². The molecule has 2 heterocycles. The number of nitrogens with one attached hydrogen (secondary N) is 1. The first kappa shape index (κ1) is 20.1. The summed E-state index contributed by atoms with van der Waals surface area (Å²) in [6.45, 7) is 9.35. The second-order valence-electron chi connectivity index (χ2n) is 7.55. The topological polar surface area (TPSA) is 77.5 Å². The van der Waals surface area contributed by atoms with Crippen molar-refractivity contribution in [2.45, 2.75) is 27.7 Å². The third-order valence-electron chi connectivity index (χ3n) is 5.27. The molecule has 1 aromatic heterocycles. The van der Waals surface area contributed by atoms with E-state index in [2.05, 4.69) is 47.2 Å². The standard InChI is InChI=1S/C21H28N4O3/c1-14-10-15(2)12-18(11-14)24-6-8-25(27,9-7-24)21(26)23-19-13-16(3)17(4)22-20(19)28-5/h10-13H,6-9H2,1-5H3,(H,23,26). The van der Waals surface area contributed by atoms with Gasteiger partial charge in [-0.15, -0.1) is 0 Å². The number of pyridine rings is 1. The summed E-state index contributed by atoms with van der Waals surface area (Å²) in [5.74, 6) is 0.317. The van der Waals surface area contributed by atoms with Gasteiger partial charge in [0, 0.05) is 11.4 Å². The molecule has 0 aliphatic carbocycles. The van der Waals surface area contributed by atoms with Crippen molar-refractivity contribution in [1.82, 2.24) is 4.98 Å². The molecular weight excluding hydrogens is 356 g/mol. The molecule has 2 amide bonds. The molecule has 7 nitrogen and oxygen atoms in total. The number of anilines is 2. The van der Waals surface area contributed by atoms with E-state index in [0.29, 0.717) is 24.7 Å². The van der Waals surface area contributed by atoms with Crippen LogP contribution in [-0.2, 0) is 0 Å². The van der Waals surface area contributed by atoms with Gasteiger partial charge in [0.25, 0.3) is 0 Å². The number of quaternary nitrogens is 1. The minimum atomic E-state index is -0.905. The first-order chi connectivity index (χ1) is 13.2. The van der Waals surface area contributed by atoms with Crippen molar-refractivity contribution in [2.24, 2.45) is 0 Å². The van der Waals surface area contributed by atoms with Crippen molar-refractivity contribution in [3.8, 4) is 5.88 Å². The largest absolute Gasteiger partial charge is 0.624 e. The zero-order chi connectivity index (χ0) is 20.5. The summed E-state index contributed by atoms with van der Waals surface area (Å²) in [6, 6.07) is 7.56. The maximum Gasteiger partial charge on any atom is 0.421 e. The Morgan fingerprint density at radius 3 is 2.29 bits per heavy atom. The lowest BCUT2D eigenvalue weighted by Crippen LogP contribution is -2.60. The van der Waals surface area contributed by atoms with Crippen LogP contribution in [0.5, 0.6) is 5.88 Å². The van der Waals surface area contributed by atoms with E-state index in [1.54, 1.807) is 6.07 Å². The van der Waals surface area contributed by atoms with E-state index in [4.69, 9.17) is 4.74 Å². The van der Waals surface area contributed by atoms with E-state index in [-0.39, 0.29) is 13.1 Å². The van der Waals surface area contributed by atoms with Gasteiger partial charge in [0.05, 0.1) is 20.2 Å². The lowest BCUT2D eigenvalue weighted by atomic mass is 10.1. The molecule has 28 heavy (non-hydrogen) atoms. The molecule has 7 heteroatoms. The fraction of sp³-hybridized carbons (Fsp3) is 0.429.